The Bertz CT molecular complexity index is 518. The molecule has 1 unspecified atom stereocenters. The highest BCUT2D eigenvalue weighted by molar-refractivity contribution is 7.88. The molecule has 1 aliphatic rings. The molecule has 1 saturated heterocycles. The zero-order valence-corrected chi connectivity index (χ0v) is 14.4. The highest BCUT2D eigenvalue weighted by atomic mass is 32.2. The van der Waals surface area contributed by atoms with Gasteiger partial charge in [-0.05, 0) is 25.2 Å². The standard InChI is InChI=1S/C14H27N3O4S/c1-13(10-17(8-9-18)22(3,20)21)15-11-14(2)4-6-16(12-19)7-5-14/h9,12-13,15H,4-8,10-11H2,1-3H3/i12T. The molecule has 0 aromatic rings. The lowest BCUT2D eigenvalue weighted by Crippen LogP contribution is -2.48. The van der Waals surface area contributed by atoms with Gasteiger partial charge in [0.15, 0.2) is 0 Å². The molecule has 0 radical (unpaired) electrons. The number of hydrogen-bond acceptors (Lipinski definition) is 5. The SMILES string of the molecule is [3H]C(=O)N1CCC(C)(CNC(C)CN(CC=O)S(C)(=O)=O)CC1. The fraction of sp³-hybridized carbons (Fsp3) is 0.857. The third-order valence-electron chi connectivity index (χ3n) is 4.20. The third kappa shape index (κ3) is 6.02. The van der Waals surface area contributed by atoms with Crippen molar-refractivity contribution >= 4 is 22.7 Å². The van der Waals surface area contributed by atoms with Crippen LogP contribution in [0, 0.1) is 5.41 Å². The number of rotatable bonds is 8. The molecular weight excluding hydrogens is 306 g/mol. The van der Waals surface area contributed by atoms with Crippen molar-refractivity contribution in [1.29, 1.82) is 0 Å². The minimum absolute atomic E-state index is 0.0147. The molecule has 0 aliphatic carbocycles. The second-order valence-corrected chi connectivity index (χ2v) is 8.40. The Morgan fingerprint density at radius 3 is 2.45 bits per heavy atom. The van der Waals surface area contributed by atoms with E-state index in [9.17, 15) is 18.0 Å². The van der Waals surface area contributed by atoms with Crippen LogP contribution in [0.4, 0.5) is 0 Å². The molecular formula is C14H27N3O4S. The van der Waals surface area contributed by atoms with Gasteiger partial charge in [0.2, 0.25) is 16.4 Å². The molecule has 22 heavy (non-hydrogen) atoms. The van der Waals surface area contributed by atoms with E-state index in [-0.39, 0.29) is 24.5 Å². The normalized spacial score (nSPS) is 20.5. The number of nitrogens with one attached hydrogen (secondary N) is 1. The maximum atomic E-state index is 11.6. The Balaban J connectivity index is 2.47. The fourth-order valence-electron chi connectivity index (χ4n) is 2.53. The predicted octanol–water partition coefficient (Wildman–Crippen LogP) is -0.316. The van der Waals surface area contributed by atoms with Crippen LogP contribution in [-0.2, 0) is 19.6 Å². The van der Waals surface area contributed by atoms with Crippen molar-refractivity contribution in [3.8, 4) is 0 Å². The van der Waals surface area contributed by atoms with E-state index in [2.05, 4.69) is 12.2 Å². The monoisotopic (exact) mass is 335 g/mol. The summed E-state index contributed by atoms with van der Waals surface area (Å²) < 4.78 is 31.5. The lowest BCUT2D eigenvalue weighted by atomic mass is 9.80. The average Bonchev–Trinajstić information content (AvgIpc) is 2.44. The first kappa shape index (κ1) is 17.4. The van der Waals surface area contributed by atoms with Gasteiger partial charge in [0.25, 0.3) is 0 Å². The molecule has 0 aromatic carbocycles. The maximum Gasteiger partial charge on any atom is 0.211 e. The Morgan fingerprint density at radius 1 is 1.41 bits per heavy atom. The highest BCUT2D eigenvalue weighted by Gasteiger charge is 2.30. The van der Waals surface area contributed by atoms with Gasteiger partial charge in [0, 0.05) is 32.2 Å². The topological polar surface area (TPSA) is 86.8 Å². The van der Waals surface area contributed by atoms with E-state index in [1.807, 2.05) is 6.92 Å². The summed E-state index contributed by atoms with van der Waals surface area (Å²) >= 11 is 0. The highest BCUT2D eigenvalue weighted by Crippen LogP contribution is 2.29. The molecule has 1 heterocycles. The molecule has 0 spiro atoms. The molecule has 1 N–H and O–H groups in total. The fourth-order valence-corrected chi connectivity index (χ4v) is 3.36. The van der Waals surface area contributed by atoms with Gasteiger partial charge in [-0.1, -0.05) is 6.92 Å². The van der Waals surface area contributed by atoms with Crippen molar-refractivity contribution in [2.75, 3.05) is 39.0 Å². The first-order valence-corrected chi connectivity index (χ1v) is 9.30. The third-order valence-corrected chi connectivity index (χ3v) is 5.44. The van der Waals surface area contributed by atoms with E-state index >= 15 is 0 Å². The van der Waals surface area contributed by atoms with Crippen LogP contribution in [0.5, 0.6) is 0 Å². The zero-order chi connectivity index (χ0) is 17.7. The van der Waals surface area contributed by atoms with Crippen molar-refractivity contribution in [3.63, 3.8) is 0 Å². The summed E-state index contributed by atoms with van der Waals surface area (Å²) in [5.41, 5.74) is 0.0147. The van der Waals surface area contributed by atoms with E-state index in [0.717, 1.165) is 23.4 Å². The molecule has 0 saturated carbocycles. The Morgan fingerprint density at radius 2 is 2.00 bits per heavy atom. The Hall–Kier alpha value is -0.990. The van der Waals surface area contributed by atoms with Crippen LogP contribution in [0.3, 0.4) is 0 Å². The van der Waals surface area contributed by atoms with Crippen LogP contribution in [0.25, 0.3) is 0 Å². The number of aldehydes is 1. The summed E-state index contributed by atoms with van der Waals surface area (Å²) in [6, 6.07) is -0.0858. The van der Waals surface area contributed by atoms with Gasteiger partial charge >= 0.3 is 0 Å². The van der Waals surface area contributed by atoms with Gasteiger partial charge < -0.3 is 15.0 Å². The summed E-state index contributed by atoms with van der Waals surface area (Å²) in [4.78, 5) is 23.2. The van der Waals surface area contributed by atoms with E-state index in [1.165, 1.54) is 4.90 Å². The average molecular weight is 335 g/mol. The second-order valence-electron chi connectivity index (χ2n) is 6.42. The summed E-state index contributed by atoms with van der Waals surface area (Å²) in [5, 5.41) is 3.33. The molecule has 0 bridgehead atoms. The van der Waals surface area contributed by atoms with Gasteiger partial charge in [0.05, 0.1) is 12.8 Å². The van der Waals surface area contributed by atoms with Crippen LogP contribution in [0.2, 0.25) is 0 Å². The number of hydrogen-bond donors (Lipinski definition) is 1. The minimum Gasteiger partial charge on any atom is -0.345 e. The molecule has 1 fully saturated rings. The summed E-state index contributed by atoms with van der Waals surface area (Å²) in [6.45, 7) is 5.97. The van der Waals surface area contributed by atoms with Crippen molar-refractivity contribution in [3.05, 3.63) is 0 Å². The van der Waals surface area contributed by atoms with E-state index in [4.69, 9.17) is 1.37 Å². The lowest BCUT2D eigenvalue weighted by molar-refractivity contribution is -0.120. The maximum absolute atomic E-state index is 11.6. The molecule has 1 atom stereocenters. The number of carbonyl (C=O) groups excluding carboxylic acids is 2. The van der Waals surface area contributed by atoms with E-state index in [1.54, 1.807) is 0 Å². The first-order chi connectivity index (χ1) is 10.6. The van der Waals surface area contributed by atoms with Gasteiger partial charge in [0.1, 0.15) is 7.66 Å². The summed E-state index contributed by atoms with van der Waals surface area (Å²) in [7, 11) is -3.40. The molecule has 1 rings (SSSR count). The molecule has 1 amide bonds. The van der Waals surface area contributed by atoms with Gasteiger partial charge in [-0.15, -0.1) is 0 Å². The Labute approximate surface area is 134 Å². The van der Waals surface area contributed by atoms with Gasteiger partial charge in [-0.3, -0.25) is 4.79 Å². The summed E-state index contributed by atoms with van der Waals surface area (Å²) in [5.74, 6) is 0. The molecule has 7 nitrogen and oxygen atoms in total. The van der Waals surface area contributed by atoms with Crippen LogP contribution in [0.15, 0.2) is 0 Å². The number of piperidine rings is 1. The minimum atomic E-state index is -3.40. The van der Waals surface area contributed by atoms with Crippen molar-refractivity contribution < 1.29 is 19.4 Å². The largest absolute Gasteiger partial charge is 0.345 e. The quantitative estimate of drug-likeness (QED) is 0.615. The van der Waals surface area contributed by atoms with E-state index < -0.39 is 16.4 Å². The summed E-state index contributed by atoms with van der Waals surface area (Å²) in [6.07, 6.45) is 2.66. The number of carbonyl (C=O) groups is 2. The second kappa shape index (κ2) is 8.03. The number of nitrogens with zero attached hydrogens (tertiary/aromatic N) is 2. The van der Waals surface area contributed by atoms with Crippen LogP contribution in [0.1, 0.15) is 28.1 Å². The van der Waals surface area contributed by atoms with Crippen molar-refractivity contribution in [2.45, 2.75) is 32.7 Å². The first-order valence-electron chi connectivity index (χ1n) is 7.95. The molecule has 1 aliphatic heterocycles. The molecule has 128 valence electrons. The molecule has 8 heteroatoms. The zero-order valence-electron chi connectivity index (χ0n) is 14.5. The number of likely N-dealkylation sites (tertiary alicyclic amines) is 1. The van der Waals surface area contributed by atoms with Crippen LogP contribution >= 0.6 is 0 Å². The van der Waals surface area contributed by atoms with Crippen LogP contribution < -0.4 is 5.32 Å². The lowest BCUT2D eigenvalue weighted by Gasteiger charge is -2.39. The van der Waals surface area contributed by atoms with Gasteiger partial charge in [-0.25, -0.2) is 8.42 Å². The molecule has 0 aromatic heterocycles. The number of amides is 1. The Kier molecular flexibility index (Phi) is 6.34. The van der Waals surface area contributed by atoms with Crippen molar-refractivity contribution in [2.24, 2.45) is 5.41 Å². The van der Waals surface area contributed by atoms with Gasteiger partial charge in [-0.2, -0.15) is 4.31 Å². The van der Waals surface area contributed by atoms with E-state index in [0.29, 0.717) is 25.9 Å². The van der Waals surface area contributed by atoms with Crippen LogP contribution in [-0.4, -0.2) is 75.3 Å². The van der Waals surface area contributed by atoms with Crippen molar-refractivity contribution in [1.82, 2.24) is 14.5 Å². The number of sulfonamides is 1. The predicted molar refractivity (Wildman–Crippen MR) is 84.9 cm³/mol. The smallest absolute Gasteiger partial charge is 0.211 e.